The van der Waals surface area contributed by atoms with Crippen LogP contribution in [0, 0.1) is 10.1 Å². The predicted molar refractivity (Wildman–Crippen MR) is 41.0 cm³/mol. The number of aldehydes is 1. The van der Waals surface area contributed by atoms with Crippen LogP contribution in [0.4, 0.5) is 10.4 Å². The molecule has 0 saturated heterocycles. The van der Waals surface area contributed by atoms with Crippen molar-refractivity contribution in [2.45, 2.75) is 0 Å². The van der Waals surface area contributed by atoms with Crippen LogP contribution in [-0.4, -0.2) is 11.2 Å². The number of carbonyl (C=O) groups excluding carboxylic acids is 1. The highest BCUT2D eigenvalue weighted by molar-refractivity contribution is 5.81. The van der Waals surface area contributed by atoms with E-state index < -0.39 is 4.92 Å². The number of para-hydroxylation sites is 1. The molecule has 5 heteroatoms. The molecule has 1 rings (SSSR count). The van der Waals surface area contributed by atoms with Gasteiger partial charge in [0, 0.05) is 6.07 Å². The topological polar surface area (TPSA) is 60.2 Å². The lowest BCUT2D eigenvalue weighted by Crippen LogP contribution is -1.92. The molecule has 0 aliphatic carbocycles. The highest BCUT2D eigenvalue weighted by atomic mass is 19.0. The molecule has 1 aromatic carbocycles. The van der Waals surface area contributed by atoms with E-state index in [-0.39, 0.29) is 16.0 Å². The smallest absolute Gasteiger partial charge is 0.279 e. The Balaban J connectivity index is 0.00000121. The molecule has 0 heterocycles. The second-order valence-electron chi connectivity index (χ2n) is 1.93. The van der Waals surface area contributed by atoms with Gasteiger partial charge < -0.3 is 0 Å². The Morgan fingerprint density at radius 2 is 1.92 bits per heavy atom. The summed E-state index contributed by atoms with van der Waals surface area (Å²) in [7, 11) is 0. The summed E-state index contributed by atoms with van der Waals surface area (Å²) < 4.78 is 0. The van der Waals surface area contributed by atoms with E-state index in [9.17, 15) is 14.9 Å². The Hall–Kier alpha value is -1.78. The molecule has 0 atom stereocenters. The van der Waals surface area contributed by atoms with Gasteiger partial charge in [0.25, 0.3) is 5.69 Å². The monoisotopic (exact) mass is 171 g/mol. The highest BCUT2D eigenvalue weighted by Gasteiger charge is 2.09. The summed E-state index contributed by atoms with van der Waals surface area (Å²) in [5.74, 6) is 0. The number of nitrogens with zero attached hydrogens (tertiary/aromatic N) is 1. The molecule has 0 aromatic heterocycles. The van der Waals surface area contributed by atoms with Crippen LogP contribution in [0.1, 0.15) is 10.4 Å². The van der Waals surface area contributed by atoms with Crippen molar-refractivity contribution in [1.29, 1.82) is 0 Å². The summed E-state index contributed by atoms with van der Waals surface area (Å²) in [6, 6.07) is 5.80. The standard InChI is InChI=1S/C7H5NO3.FH/c9-5-6-3-1-2-4-7(6)8(10)11;/h1-5H;1H. The van der Waals surface area contributed by atoms with E-state index in [0.717, 1.165) is 0 Å². The Morgan fingerprint density at radius 1 is 1.33 bits per heavy atom. The van der Waals surface area contributed by atoms with Crippen molar-refractivity contribution in [1.82, 2.24) is 0 Å². The molecule has 12 heavy (non-hydrogen) atoms. The summed E-state index contributed by atoms with van der Waals surface area (Å²) in [5, 5.41) is 10.2. The van der Waals surface area contributed by atoms with Gasteiger partial charge in [-0.3, -0.25) is 19.6 Å². The van der Waals surface area contributed by atoms with E-state index in [0.29, 0.717) is 6.29 Å². The number of nitro benzene ring substituents is 1. The molecule has 1 aromatic rings. The fourth-order valence-corrected chi connectivity index (χ4v) is 0.753. The van der Waals surface area contributed by atoms with Crippen LogP contribution in [0.3, 0.4) is 0 Å². The van der Waals surface area contributed by atoms with Crippen LogP contribution in [0.2, 0.25) is 0 Å². The van der Waals surface area contributed by atoms with E-state index in [1.807, 2.05) is 0 Å². The van der Waals surface area contributed by atoms with Crippen molar-refractivity contribution in [3.05, 3.63) is 39.9 Å². The van der Waals surface area contributed by atoms with Crippen molar-refractivity contribution in [3.63, 3.8) is 0 Å². The first-order chi connectivity index (χ1) is 5.25. The molecular formula is C7H6FNO3. The summed E-state index contributed by atoms with van der Waals surface area (Å²) in [5.41, 5.74) is -0.0417. The van der Waals surface area contributed by atoms with E-state index in [1.54, 1.807) is 6.07 Å². The predicted octanol–water partition coefficient (Wildman–Crippen LogP) is 1.56. The Morgan fingerprint density at radius 3 is 2.33 bits per heavy atom. The molecule has 64 valence electrons. The minimum Gasteiger partial charge on any atom is -0.298 e. The van der Waals surface area contributed by atoms with E-state index in [2.05, 4.69) is 0 Å². The second kappa shape index (κ2) is 4.17. The first-order valence-electron chi connectivity index (χ1n) is 2.94. The second-order valence-corrected chi connectivity index (χ2v) is 1.93. The SMILES string of the molecule is F.O=Cc1ccccc1[N+](=O)[O-]. The normalized spacial score (nSPS) is 8.33. The third-order valence-electron chi connectivity index (χ3n) is 1.26. The van der Waals surface area contributed by atoms with Gasteiger partial charge in [-0.15, -0.1) is 0 Å². The van der Waals surface area contributed by atoms with Crippen molar-refractivity contribution in [2.24, 2.45) is 0 Å². The van der Waals surface area contributed by atoms with Crippen LogP contribution in [0.5, 0.6) is 0 Å². The number of nitro groups is 1. The summed E-state index contributed by atoms with van der Waals surface area (Å²) in [6.45, 7) is 0. The zero-order chi connectivity index (χ0) is 8.27. The molecule has 0 spiro atoms. The summed E-state index contributed by atoms with van der Waals surface area (Å²) in [4.78, 5) is 19.9. The number of hydrogen-bond acceptors (Lipinski definition) is 3. The maximum absolute atomic E-state index is 10.2. The maximum Gasteiger partial charge on any atom is 0.279 e. The largest absolute Gasteiger partial charge is 0.298 e. The van der Waals surface area contributed by atoms with Crippen molar-refractivity contribution in [2.75, 3.05) is 0 Å². The lowest BCUT2D eigenvalue weighted by molar-refractivity contribution is -0.385. The number of carbonyl (C=O) groups is 1. The molecule has 0 radical (unpaired) electrons. The van der Waals surface area contributed by atoms with Crippen LogP contribution >= 0.6 is 0 Å². The van der Waals surface area contributed by atoms with Crippen LogP contribution in [0.25, 0.3) is 0 Å². The van der Waals surface area contributed by atoms with Gasteiger partial charge in [0.15, 0.2) is 6.29 Å². The molecule has 0 unspecified atom stereocenters. The maximum atomic E-state index is 10.2. The first-order valence-corrected chi connectivity index (χ1v) is 2.94. The van der Waals surface area contributed by atoms with Gasteiger partial charge in [-0.1, -0.05) is 12.1 Å². The van der Waals surface area contributed by atoms with Gasteiger partial charge in [0.2, 0.25) is 0 Å². The van der Waals surface area contributed by atoms with Gasteiger partial charge >= 0.3 is 0 Å². The van der Waals surface area contributed by atoms with Crippen LogP contribution in [-0.2, 0) is 0 Å². The fraction of sp³-hybridized carbons (Fsp3) is 0. The molecule has 4 nitrogen and oxygen atoms in total. The highest BCUT2D eigenvalue weighted by Crippen LogP contribution is 2.14. The minimum atomic E-state index is -0.580. The van der Waals surface area contributed by atoms with Gasteiger partial charge in [-0.2, -0.15) is 0 Å². The lowest BCUT2D eigenvalue weighted by Gasteiger charge is -1.91. The Kier molecular flexibility index (Phi) is 3.55. The average molecular weight is 171 g/mol. The lowest BCUT2D eigenvalue weighted by atomic mass is 10.2. The van der Waals surface area contributed by atoms with Crippen molar-refractivity contribution < 1.29 is 14.4 Å². The molecular weight excluding hydrogens is 165 g/mol. The number of halogens is 1. The molecule has 0 fully saturated rings. The molecule has 0 amide bonds. The molecule has 0 N–H and O–H groups in total. The zero-order valence-corrected chi connectivity index (χ0v) is 5.97. The molecule has 0 aliphatic heterocycles. The van der Waals surface area contributed by atoms with E-state index in [1.165, 1.54) is 18.2 Å². The quantitative estimate of drug-likeness (QED) is 0.385. The van der Waals surface area contributed by atoms with Crippen LogP contribution < -0.4 is 0 Å². The molecule has 0 bridgehead atoms. The zero-order valence-electron chi connectivity index (χ0n) is 5.97. The molecule has 0 aliphatic rings. The van der Waals surface area contributed by atoms with Crippen LogP contribution in [0.15, 0.2) is 24.3 Å². The van der Waals surface area contributed by atoms with Gasteiger partial charge in [0.05, 0.1) is 10.5 Å². The average Bonchev–Trinajstić information content (AvgIpc) is 2.04. The number of rotatable bonds is 2. The van der Waals surface area contributed by atoms with Gasteiger partial charge in [0.1, 0.15) is 0 Å². The first kappa shape index (κ1) is 10.2. The fourth-order valence-electron chi connectivity index (χ4n) is 0.753. The Bertz CT molecular complexity index is 300. The third-order valence-corrected chi connectivity index (χ3v) is 1.26. The van der Waals surface area contributed by atoms with Gasteiger partial charge in [-0.05, 0) is 6.07 Å². The van der Waals surface area contributed by atoms with Gasteiger partial charge in [-0.25, -0.2) is 0 Å². The summed E-state index contributed by atoms with van der Waals surface area (Å²) in [6.07, 6.45) is 0.470. The minimum absolute atomic E-state index is 0. The van der Waals surface area contributed by atoms with E-state index in [4.69, 9.17) is 0 Å². The number of hydrogen-bond donors (Lipinski definition) is 0. The van der Waals surface area contributed by atoms with E-state index >= 15 is 0 Å². The summed E-state index contributed by atoms with van der Waals surface area (Å²) >= 11 is 0. The molecule has 0 saturated carbocycles. The number of benzene rings is 1. The third kappa shape index (κ3) is 1.85. The Labute approximate surface area is 67.3 Å². The van der Waals surface area contributed by atoms with Crippen molar-refractivity contribution in [3.8, 4) is 0 Å². The van der Waals surface area contributed by atoms with Crippen molar-refractivity contribution >= 4 is 12.0 Å².